The van der Waals surface area contributed by atoms with E-state index in [9.17, 15) is 9.59 Å². The Labute approximate surface area is 44.4 Å². The summed E-state index contributed by atoms with van der Waals surface area (Å²) in [4.78, 5) is 20.5. The summed E-state index contributed by atoms with van der Waals surface area (Å²) < 4.78 is 8.67. The fraction of sp³-hybridized carbons (Fsp3) is 0.500. The van der Waals surface area contributed by atoms with Crippen molar-refractivity contribution in [1.82, 2.24) is 0 Å². The molecule has 8 heavy (non-hydrogen) atoms. The fourth-order valence-corrected chi connectivity index (χ4v) is 0.686. The molecule has 0 N–H and O–H groups in total. The summed E-state index contributed by atoms with van der Waals surface area (Å²) in [6, 6.07) is 0. The number of ether oxygens (including phenoxy) is 2. The number of fused-ring (bicyclic) bond motifs is 1. The van der Waals surface area contributed by atoms with Crippen LogP contribution in [0.3, 0.4) is 0 Å². The minimum absolute atomic E-state index is 0.542. The third kappa shape index (κ3) is 0.293. The molecule has 2 saturated heterocycles. The van der Waals surface area contributed by atoms with Gasteiger partial charge in [-0.15, -0.1) is 0 Å². The van der Waals surface area contributed by atoms with Crippen LogP contribution in [0.1, 0.15) is 0 Å². The van der Waals surface area contributed by atoms with Crippen molar-refractivity contribution in [3.05, 3.63) is 0 Å². The molecule has 2 fully saturated rings. The molecular weight excluding hydrogens is 112 g/mol. The SMILES string of the molecule is O=C1OC(=O)[C@@H]2O[C@H]12. The number of cyclic esters (lactones) is 2. The van der Waals surface area contributed by atoms with E-state index in [2.05, 4.69) is 9.47 Å². The summed E-state index contributed by atoms with van der Waals surface area (Å²) in [6.07, 6.45) is -1.11. The van der Waals surface area contributed by atoms with Crippen molar-refractivity contribution in [3.8, 4) is 0 Å². The zero-order valence-corrected chi connectivity index (χ0v) is 3.79. The molecule has 0 bridgehead atoms. The molecule has 0 aromatic rings. The van der Waals surface area contributed by atoms with Gasteiger partial charge in [0.2, 0.25) is 0 Å². The minimum atomic E-state index is -0.553. The Balaban J connectivity index is 2.31. The highest BCUT2D eigenvalue weighted by molar-refractivity contribution is 6.03. The van der Waals surface area contributed by atoms with Gasteiger partial charge in [0.25, 0.3) is 0 Å². The Hall–Kier alpha value is -0.900. The van der Waals surface area contributed by atoms with Crippen molar-refractivity contribution in [3.63, 3.8) is 0 Å². The predicted octanol–water partition coefficient (Wildman–Crippen LogP) is -1.16. The zero-order chi connectivity index (χ0) is 5.72. The van der Waals surface area contributed by atoms with E-state index in [0.717, 1.165) is 0 Å². The number of carbonyl (C=O) groups is 2. The largest absolute Gasteiger partial charge is 0.389 e. The Bertz CT molecular complexity index is 155. The van der Waals surface area contributed by atoms with E-state index < -0.39 is 24.1 Å². The Morgan fingerprint density at radius 2 is 1.62 bits per heavy atom. The molecule has 0 radical (unpaired) electrons. The Morgan fingerprint density at radius 3 is 1.75 bits per heavy atom. The number of rotatable bonds is 0. The van der Waals surface area contributed by atoms with Crippen LogP contribution in [0.5, 0.6) is 0 Å². The Kier molecular flexibility index (Phi) is 0.465. The molecule has 0 spiro atoms. The van der Waals surface area contributed by atoms with Crippen molar-refractivity contribution >= 4 is 11.9 Å². The van der Waals surface area contributed by atoms with E-state index in [4.69, 9.17) is 0 Å². The van der Waals surface area contributed by atoms with Gasteiger partial charge in [-0.1, -0.05) is 0 Å². The van der Waals surface area contributed by atoms with E-state index >= 15 is 0 Å². The normalized spacial score (nSPS) is 41.5. The molecule has 0 unspecified atom stereocenters. The lowest BCUT2D eigenvalue weighted by molar-refractivity contribution is -0.159. The summed E-state index contributed by atoms with van der Waals surface area (Å²) in [6.45, 7) is 0. The van der Waals surface area contributed by atoms with Crippen LogP contribution in [0.2, 0.25) is 0 Å². The van der Waals surface area contributed by atoms with Gasteiger partial charge in [0.05, 0.1) is 0 Å². The van der Waals surface area contributed by atoms with Crippen molar-refractivity contribution in [1.29, 1.82) is 0 Å². The van der Waals surface area contributed by atoms with Crippen LogP contribution in [-0.2, 0) is 19.1 Å². The zero-order valence-electron chi connectivity index (χ0n) is 3.79. The Morgan fingerprint density at radius 1 is 1.12 bits per heavy atom. The summed E-state index contributed by atoms with van der Waals surface area (Å²) in [5.41, 5.74) is 0. The van der Waals surface area contributed by atoms with Crippen molar-refractivity contribution in [2.24, 2.45) is 0 Å². The lowest BCUT2D eigenvalue weighted by atomic mass is 10.4. The van der Waals surface area contributed by atoms with Crippen LogP contribution in [0, 0.1) is 0 Å². The summed E-state index contributed by atoms with van der Waals surface area (Å²) >= 11 is 0. The van der Waals surface area contributed by atoms with Gasteiger partial charge in [-0.25, -0.2) is 9.59 Å². The van der Waals surface area contributed by atoms with Crippen molar-refractivity contribution in [2.45, 2.75) is 12.2 Å². The van der Waals surface area contributed by atoms with Crippen LogP contribution in [0.25, 0.3) is 0 Å². The fourth-order valence-electron chi connectivity index (χ4n) is 0.686. The van der Waals surface area contributed by atoms with Gasteiger partial charge < -0.3 is 9.47 Å². The van der Waals surface area contributed by atoms with E-state index in [1.165, 1.54) is 0 Å². The van der Waals surface area contributed by atoms with Crippen LogP contribution >= 0.6 is 0 Å². The third-order valence-electron chi connectivity index (χ3n) is 1.16. The van der Waals surface area contributed by atoms with Gasteiger partial charge in [0, 0.05) is 0 Å². The summed E-state index contributed by atoms with van der Waals surface area (Å²) in [5.74, 6) is -1.08. The van der Waals surface area contributed by atoms with Gasteiger partial charge in [0.15, 0.2) is 12.2 Å². The molecule has 0 aromatic heterocycles. The first-order valence-electron chi connectivity index (χ1n) is 2.20. The second-order valence-corrected chi connectivity index (χ2v) is 1.72. The minimum Gasteiger partial charge on any atom is -0.389 e. The van der Waals surface area contributed by atoms with Crippen molar-refractivity contribution in [2.75, 3.05) is 0 Å². The molecular formula is C4H2O4. The van der Waals surface area contributed by atoms with Crippen molar-refractivity contribution < 1.29 is 19.1 Å². The summed E-state index contributed by atoms with van der Waals surface area (Å²) in [5, 5.41) is 0. The average Bonchev–Trinajstić information content (AvgIpc) is 2.35. The molecule has 4 nitrogen and oxygen atoms in total. The number of hydrogen-bond donors (Lipinski definition) is 0. The predicted molar refractivity (Wildman–Crippen MR) is 19.8 cm³/mol. The average molecular weight is 114 g/mol. The summed E-state index contributed by atoms with van der Waals surface area (Å²) in [7, 11) is 0. The molecule has 0 aromatic carbocycles. The van der Waals surface area contributed by atoms with Crippen LogP contribution in [0.15, 0.2) is 0 Å². The van der Waals surface area contributed by atoms with Gasteiger partial charge in [-0.2, -0.15) is 0 Å². The molecule has 2 heterocycles. The molecule has 2 aliphatic heterocycles. The highest BCUT2D eigenvalue weighted by Gasteiger charge is 2.59. The number of hydrogen-bond acceptors (Lipinski definition) is 4. The van der Waals surface area contributed by atoms with E-state index in [-0.39, 0.29) is 0 Å². The van der Waals surface area contributed by atoms with E-state index in [0.29, 0.717) is 0 Å². The lowest BCUT2D eigenvalue weighted by Crippen LogP contribution is -2.07. The standard InChI is InChI=1S/C4H2O4/c5-3-1-2(7-1)4(6)8-3/h1-2H/t1-,2+. The van der Waals surface area contributed by atoms with Crippen LogP contribution in [0.4, 0.5) is 0 Å². The molecule has 0 aliphatic carbocycles. The van der Waals surface area contributed by atoms with Gasteiger partial charge in [-0.3, -0.25) is 0 Å². The van der Waals surface area contributed by atoms with Gasteiger partial charge in [0.1, 0.15) is 0 Å². The third-order valence-corrected chi connectivity index (χ3v) is 1.16. The van der Waals surface area contributed by atoms with Gasteiger partial charge >= 0.3 is 11.9 Å². The topological polar surface area (TPSA) is 55.9 Å². The molecule has 2 rings (SSSR count). The second kappa shape index (κ2) is 0.925. The number of epoxide rings is 1. The van der Waals surface area contributed by atoms with Gasteiger partial charge in [-0.05, 0) is 0 Å². The monoisotopic (exact) mass is 114 g/mol. The first-order chi connectivity index (χ1) is 3.79. The maximum atomic E-state index is 10.3. The smallest absolute Gasteiger partial charge is 0.346 e. The van der Waals surface area contributed by atoms with Crippen LogP contribution in [-0.4, -0.2) is 24.1 Å². The van der Waals surface area contributed by atoms with E-state index in [1.54, 1.807) is 0 Å². The molecule has 42 valence electrons. The molecule has 0 amide bonds. The van der Waals surface area contributed by atoms with Crippen LogP contribution < -0.4 is 0 Å². The molecule has 4 heteroatoms. The first kappa shape index (κ1) is 4.03. The second-order valence-electron chi connectivity index (χ2n) is 1.72. The number of esters is 2. The number of carbonyl (C=O) groups excluding carboxylic acids is 2. The van der Waals surface area contributed by atoms with E-state index in [1.807, 2.05) is 0 Å². The molecule has 2 atom stereocenters. The lowest BCUT2D eigenvalue weighted by Gasteiger charge is -1.87. The highest BCUT2D eigenvalue weighted by atomic mass is 16.7. The molecule has 0 saturated carbocycles. The maximum absolute atomic E-state index is 10.3. The first-order valence-corrected chi connectivity index (χ1v) is 2.20. The highest BCUT2D eigenvalue weighted by Crippen LogP contribution is 2.30. The maximum Gasteiger partial charge on any atom is 0.346 e. The molecule has 2 aliphatic rings. The quantitative estimate of drug-likeness (QED) is 0.226.